The SMILES string of the molecule is Cc1ccc(F)cc1SN[C@@H]1CCN(Cc2ccc(-c3ccccc3)cc2)C1. The van der Waals surface area contributed by atoms with Crippen molar-refractivity contribution in [3.05, 3.63) is 89.7 Å². The van der Waals surface area contributed by atoms with Gasteiger partial charge in [-0.25, -0.2) is 4.39 Å². The highest BCUT2D eigenvalue weighted by Crippen LogP contribution is 2.24. The molecule has 0 unspecified atom stereocenters. The van der Waals surface area contributed by atoms with Crippen LogP contribution in [0.3, 0.4) is 0 Å². The van der Waals surface area contributed by atoms with Crippen molar-refractivity contribution >= 4 is 11.9 Å². The largest absolute Gasteiger partial charge is 0.297 e. The van der Waals surface area contributed by atoms with E-state index in [0.29, 0.717) is 6.04 Å². The van der Waals surface area contributed by atoms with Gasteiger partial charge in [-0.3, -0.25) is 9.62 Å². The van der Waals surface area contributed by atoms with E-state index in [1.807, 2.05) is 19.1 Å². The van der Waals surface area contributed by atoms with Gasteiger partial charge in [-0.2, -0.15) is 0 Å². The molecule has 1 N–H and O–H groups in total. The average Bonchev–Trinajstić information content (AvgIpc) is 3.17. The first kappa shape index (κ1) is 19.2. The Balaban J connectivity index is 1.29. The van der Waals surface area contributed by atoms with Crippen molar-refractivity contribution in [3.8, 4) is 11.1 Å². The predicted octanol–water partition coefficient (Wildman–Crippen LogP) is 5.67. The smallest absolute Gasteiger partial charge is 0.124 e. The summed E-state index contributed by atoms with van der Waals surface area (Å²) < 4.78 is 17.0. The van der Waals surface area contributed by atoms with Crippen LogP contribution < -0.4 is 4.72 Å². The quantitative estimate of drug-likeness (QED) is 0.544. The van der Waals surface area contributed by atoms with Gasteiger partial charge in [0.2, 0.25) is 0 Å². The maximum absolute atomic E-state index is 13.4. The minimum atomic E-state index is -0.179. The van der Waals surface area contributed by atoms with Crippen molar-refractivity contribution in [1.82, 2.24) is 9.62 Å². The van der Waals surface area contributed by atoms with Gasteiger partial charge in [-0.15, -0.1) is 0 Å². The van der Waals surface area contributed by atoms with E-state index in [2.05, 4.69) is 58.2 Å². The molecule has 2 nitrogen and oxygen atoms in total. The van der Waals surface area contributed by atoms with Gasteiger partial charge in [0.1, 0.15) is 5.82 Å². The van der Waals surface area contributed by atoms with Crippen LogP contribution in [0.15, 0.2) is 77.7 Å². The minimum absolute atomic E-state index is 0.179. The van der Waals surface area contributed by atoms with Gasteiger partial charge < -0.3 is 0 Å². The van der Waals surface area contributed by atoms with Crippen LogP contribution in [-0.4, -0.2) is 24.0 Å². The van der Waals surface area contributed by atoms with Gasteiger partial charge >= 0.3 is 0 Å². The van der Waals surface area contributed by atoms with Gasteiger partial charge in [0, 0.05) is 30.6 Å². The van der Waals surface area contributed by atoms with Gasteiger partial charge in [0.05, 0.1) is 0 Å². The van der Waals surface area contributed by atoms with E-state index < -0.39 is 0 Å². The lowest BCUT2D eigenvalue weighted by Gasteiger charge is -2.17. The number of nitrogens with one attached hydrogen (secondary N) is 1. The van der Waals surface area contributed by atoms with Gasteiger partial charge in [-0.05, 0) is 59.7 Å². The van der Waals surface area contributed by atoms with Crippen molar-refractivity contribution in [2.45, 2.75) is 30.8 Å². The van der Waals surface area contributed by atoms with Crippen molar-refractivity contribution < 1.29 is 4.39 Å². The molecule has 1 atom stereocenters. The Morgan fingerprint density at radius 2 is 1.75 bits per heavy atom. The van der Waals surface area contributed by atoms with Gasteiger partial charge in [0.15, 0.2) is 0 Å². The summed E-state index contributed by atoms with van der Waals surface area (Å²) in [6.07, 6.45) is 1.11. The highest BCUT2D eigenvalue weighted by atomic mass is 32.2. The molecule has 144 valence electrons. The van der Waals surface area contributed by atoms with Crippen LogP contribution in [0.1, 0.15) is 17.5 Å². The summed E-state index contributed by atoms with van der Waals surface area (Å²) in [5.74, 6) is -0.179. The molecule has 4 heteroatoms. The number of benzene rings is 3. The summed E-state index contributed by atoms with van der Waals surface area (Å²) in [5.41, 5.74) is 4.96. The third-order valence-corrected chi connectivity index (χ3v) is 6.34. The van der Waals surface area contributed by atoms with Crippen LogP contribution >= 0.6 is 11.9 Å². The molecule has 1 heterocycles. The molecule has 1 fully saturated rings. The molecule has 1 aliphatic heterocycles. The average molecular weight is 393 g/mol. The van der Waals surface area contributed by atoms with E-state index in [-0.39, 0.29) is 5.82 Å². The maximum atomic E-state index is 13.4. The number of likely N-dealkylation sites (tertiary alicyclic amines) is 1. The van der Waals surface area contributed by atoms with Crippen molar-refractivity contribution in [2.75, 3.05) is 13.1 Å². The molecule has 0 radical (unpaired) electrons. The van der Waals surface area contributed by atoms with Crippen LogP contribution in [0.2, 0.25) is 0 Å². The molecule has 4 rings (SSSR count). The number of aryl methyl sites for hydroxylation is 1. The molecular formula is C24H25FN2S. The van der Waals surface area contributed by atoms with E-state index >= 15 is 0 Å². The molecular weight excluding hydrogens is 367 g/mol. The van der Waals surface area contributed by atoms with E-state index in [4.69, 9.17) is 0 Å². The van der Waals surface area contributed by atoms with Crippen molar-refractivity contribution in [3.63, 3.8) is 0 Å². The lowest BCUT2D eigenvalue weighted by atomic mass is 10.0. The summed E-state index contributed by atoms with van der Waals surface area (Å²) in [7, 11) is 0. The number of hydrogen-bond donors (Lipinski definition) is 1. The Hall–Kier alpha value is -2.14. The zero-order valence-electron chi connectivity index (χ0n) is 16.1. The van der Waals surface area contributed by atoms with Crippen LogP contribution in [0.4, 0.5) is 4.39 Å². The van der Waals surface area contributed by atoms with Crippen molar-refractivity contribution in [1.29, 1.82) is 0 Å². The summed E-state index contributed by atoms with van der Waals surface area (Å²) in [5, 5.41) is 0. The molecule has 0 bridgehead atoms. The monoisotopic (exact) mass is 392 g/mol. The fourth-order valence-corrected chi connectivity index (χ4v) is 4.48. The fraction of sp³-hybridized carbons (Fsp3) is 0.250. The zero-order chi connectivity index (χ0) is 19.3. The fourth-order valence-electron chi connectivity index (χ4n) is 3.59. The Morgan fingerprint density at radius 3 is 2.54 bits per heavy atom. The van der Waals surface area contributed by atoms with E-state index in [0.717, 1.165) is 36.5 Å². The first-order valence-corrected chi connectivity index (χ1v) is 10.5. The Bertz CT molecular complexity index is 912. The number of hydrogen-bond acceptors (Lipinski definition) is 3. The third-order valence-electron chi connectivity index (χ3n) is 5.23. The van der Waals surface area contributed by atoms with Crippen LogP contribution in [0.25, 0.3) is 11.1 Å². The standard InChI is InChI=1S/C24H25FN2S/c1-18-7-12-22(25)15-24(18)28-26-23-13-14-27(17-23)16-19-8-10-21(11-9-19)20-5-3-2-4-6-20/h2-12,15,23,26H,13-14,16-17H2,1H3/t23-/m1/s1. The Kier molecular flexibility index (Phi) is 6.10. The topological polar surface area (TPSA) is 15.3 Å². The molecule has 0 saturated carbocycles. The second-order valence-electron chi connectivity index (χ2n) is 7.41. The molecule has 0 spiro atoms. The lowest BCUT2D eigenvalue weighted by molar-refractivity contribution is 0.325. The third kappa shape index (κ3) is 4.82. The molecule has 1 saturated heterocycles. The van der Waals surface area contributed by atoms with Crippen LogP contribution in [-0.2, 0) is 6.54 Å². The maximum Gasteiger partial charge on any atom is 0.124 e. The second kappa shape index (κ2) is 8.91. The summed E-state index contributed by atoms with van der Waals surface area (Å²) >= 11 is 1.55. The van der Waals surface area contributed by atoms with Gasteiger partial charge in [-0.1, -0.05) is 60.7 Å². The van der Waals surface area contributed by atoms with Gasteiger partial charge in [0.25, 0.3) is 0 Å². The second-order valence-corrected chi connectivity index (χ2v) is 8.29. The Labute approximate surface area is 170 Å². The molecule has 1 aliphatic rings. The molecule has 0 aliphatic carbocycles. The van der Waals surface area contributed by atoms with Crippen LogP contribution in [0.5, 0.6) is 0 Å². The highest BCUT2D eigenvalue weighted by Gasteiger charge is 2.22. The Morgan fingerprint density at radius 1 is 1.00 bits per heavy atom. The minimum Gasteiger partial charge on any atom is -0.297 e. The first-order chi connectivity index (χ1) is 13.7. The normalized spacial score (nSPS) is 17.1. The molecule has 3 aromatic rings. The first-order valence-electron chi connectivity index (χ1n) is 9.72. The van der Waals surface area contributed by atoms with E-state index in [1.165, 1.54) is 22.8 Å². The number of nitrogens with zero attached hydrogens (tertiary/aromatic N) is 1. The molecule has 0 amide bonds. The molecule has 0 aromatic heterocycles. The highest BCUT2D eigenvalue weighted by molar-refractivity contribution is 7.97. The van der Waals surface area contributed by atoms with Crippen molar-refractivity contribution in [2.24, 2.45) is 0 Å². The number of halogens is 1. The van der Waals surface area contributed by atoms with E-state index in [1.54, 1.807) is 18.0 Å². The summed E-state index contributed by atoms with van der Waals surface area (Å²) in [6, 6.07) is 24.7. The predicted molar refractivity (Wildman–Crippen MR) is 116 cm³/mol. The van der Waals surface area contributed by atoms with E-state index in [9.17, 15) is 4.39 Å². The summed E-state index contributed by atoms with van der Waals surface area (Å²) in [6.45, 7) is 5.09. The van der Waals surface area contributed by atoms with Crippen LogP contribution in [0, 0.1) is 12.7 Å². The molecule has 28 heavy (non-hydrogen) atoms. The zero-order valence-corrected chi connectivity index (χ0v) is 16.9. The summed E-state index contributed by atoms with van der Waals surface area (Å²) in [4.78, 5) is 3.45. The lowest BCUT2D eigenvalue weighted by Crippen LogP contribution is -2.28. The number of rotatable bonds is 6. The molecule has 3 aromatic carbocycles.